The number of carbonyl (C=O) groups excluding carboxylic acids is 2. The number of aromatic nitrogens is 2. The smallest absolute Gasteiger partial charge is 0.352 e. The fraction of sp³-hybridized carbons (Fsp3) is 0.300. The number of carboxylic acid groups (broad SMARTS) is 2. The van der Waals surface area contributed by atoms with Crippen molar-refractivity contribution in [1.82, 2.24) is 20.4 Å². The molecular weight excluding hydrogens is 556 g/mol. The van der Waals surface area contributed by atoms with Gasteiger partial charge in [0.05, 0.1) is 5.02 Å². The third-order valence-corrected chi connectivity index (χ3v) is 9.09. The van der Waals surface area contributed by atoms with Crippen molar-refractivity contribution >= 4 is 70.2 Å². The Bertz CT molecular complexity index is 1270. The minimum absolute atomic E-state index is 0.0314. The average molecular weight is 573 g/mol. The lowest BCUT2D eigenvalue weighted by atomic mass is 9.94. The molecule has 0 aliphatic carbocycles. The standard InChI is InChI=1S/C20H17ClN4O8S3/c1-33-20(23-14(27)12(15(28)29)8-2-3-11(26)10(21)4-8)17(32)25-13(16(30)31)9(5-34-18(20)25)6-35-19-24-22-7-36-19/h2-4,7,12,18,26H,5-6H2,1H3,(H,23,27)(H,28,29)(H,30,31)/t12?,18-,20-/m0/s1. The third-order valence-electron chi connectivity index (χ3n) is 5.47. The van der Waals surface area contributed by atoms with Gasteiger partial charge in [-0.2, -0.15) is 0 Å². The molecule has 1 saturated heterocycles. The van der Waals surface area contributed by atoms with Crippen molar-refractivity contribution in [3.63, 3.8) is 0 Å². The number of halogens is 1. The van der Waals surface area contributed by atoms with Gasteiger partial charge in [0, 0.05) is 18.6 Å². The number of rotatable bonds is 9. The number of nitrogens with one attached hydrogen (secondary N) is 1. The van der Waals surface area contributed by atoms with Gasteiger partial charge in [0.25, 0.3) is 11.6 Å². The van der Waals surface area contributed by atoms with Gasteiger partial charge in [-0.15, -0.1) is 22.0 Å². The molecule has 3 atom stereocenters. The minimum atomic E-state index is -1.98. The van der Waals surface area contributed by atoms with Crippen LogP contribution in [0.2, 0.25) is 5.02 Å². The van der Waals surface area contributed by atoms with Crippen molar-refractivity contribution in [3.05, 3.63) is 45.6 Å². The van der Waals surface area contributed by atoms with E-state index in [0.717, 1.165) is 24.1 Å². The first-order valence-corrected chi connectivity index (χ1v) is 13.3. The number of ether oxygens (including phenoxy) is 1. The normalized spacial score (nSPS) is 22.0. The lowest BCUT2D eigenvalue weighted by molar-refractivity contribution is -0.193. The van der Waals surface area contributed by atoms with Gasteiger partial charge in [-0.3, -0.25) is 19.3 Å². The van der Waals surface area contributed by atoms with Crippen molar-refractivity contribution in [3.8, 4) is 5.75 Å². The van der Waals surface area contributed by atoms with Crippen molar-refractivity contribution in [2.24, 2.45) is 0 Å². The number of amides is 2. The maximum atomic E-state index is 13.3. The van der Waals surface area contributed by atoms with Crippen LogP contribution in [0.5, 0.6) is 5.75 Å². The van der Waals surface area contributed by atoms with Crippen molar-refractivity contribution in [1.29, 1.82) is 0 Å². The number of carbonyl (C=O) groups is 4. The summed E-state index contributed by atoms with van der Waals surface area (Å²) in [7, 11) is 1.16. The molecule has 1 aromatic carbocycles. The number of phenolic OH excluding ortho intramolecular Hbond substituents is 1. The maximum absolute atomic E-state index is 13.3. The fourth-order valence-corrected chi connectivity index (χ4v) is 7.05. The third kappa shape index (κ3) is 4.52. The number of β-lactam (4-membered cyclic amide) rings is 1. The zero-order valence-electron chi connectivity index (χ0n) is 18.2. The maximum Gasteiger partial charge on any atom is 0.352 e. The number of thioether (sulfide) groups is 2. The Kier molecular flexibility index (Phi) is 7.47. The van der Waals surface area contributed by atoms with Gasteiger partial charge in [0.1, 0.15) is 22.3 Å². The Morgan fingerprint density at radius 2 is 2.14 bits per heavy atom. The summed E-state index contributed by atoms with van der Waals surface area (Å²) in [5.74, 6) is -6.36. The Morgan fingerprint density at radius 1 is 1.39 bits per heavy atom. The number of benzene rings is 1. The summed E-state index contributed by atoms with van der Waals surface area (Å²) in [6, 6.07) is 3.49. The van der Waals surface area contributed by atoms with Crippen LogP contribution in [0.1, 0.15) is 11.5 Å². The summed E-state index contributed by atoms with van der Waals surface area (Å²) in [6.07, 6.45) is 0. The molecule has 16 heteroatoms. The molecule has 4 rings (SSSR count). The molecule has 0 spiro atoms. The minimum Gasteiger partial charge on any atom is -0.506 e. The van der Waals surface area contributed by atoms with Gasteiger partial charge in [0.15, 0.2) is 10.3 Å². The molecule has 1 unspecified atom stereocenters. The molecule has 0 saturated carbocycles. The topological polar surface area (TPSA) is 179 Å². The SMILES string of the molecule is CO[C@@]1(NC(=O)C(C(=O)O)c2ccc(O)c(Cl)c2)C(=O)N2C(C(=O)O)=C(CSc3nncs3)CS[C@H]21. The summed E-state index contributed by atoms with van der Waals surface area (Å²) >= 11 is 9.62. The van der Waals surface area contributed by atoms with Crippen LogP contribution in [0.25, 0.3) is 0 Å². The molecule has 12 nitrogen and oxygen atoms in total. The van der Waals surface area contributed by atoms with Crippen LogP contribution in [0.4, 0.5) is 0 Å². The lowest BCUT2D eigenvalue weighted by Crippen LogP contribution is -2.81. The van der Waals surface area contributed by atoms with Crippen molar-refractivity contribution < 1.29 is 39.2 Å². The predicted molar refractivity (Wildman–Crippen MR) is 130 cm³/mol. The van der Waals surface area contributed by atoms with E-state index in [9.17, 15) is 34.5 Å². The number of hydrogen-bond acceptors (Lipinski definition) is 11. The molecule has 2 aromatic rings. The molecule has 0 bridgehead atoms. The number of aromatic hydroxyl groups is 1. The van der Waals surface area contributed by atoms with Crippen LogP contribution in [-0.2, 0) is 23.9 Å². The Hall–Kier alpha value is -2.85. The Morgan fingerprint density at radius 3 is 2.72 bits per heavy atom. The fourth-order valence-electron chi connectivity index (χ4n) is 3.79. The van der Waals surface area contributed by atoms with Crippen LogP contribution in [0.3, 0.4) is 0 Å². The van der Waals surface area contributed by atoms with Crippen LogP contribution in [-0.4, -0.2) is 83.9 Å². The van der Waals surface area contributed by atoms with Gasteiger partial charge >= 0.3 is 11.9 Å². The van der Waals surface area contributed by atoms with E-state index in [2.05, 4.69) is 15.5 Å². The molecule has 1 aromatic heterocycles. The lowest BCUT2D eigenvalue weighted by Gasteiger charge is -2.56. The number of phenols is 1. The number of hydrogen-bond donors (Lipinski definition) is 4. The van der Waals surface area contributed by atoms with E-state index in [1.165, 1.54) is 40.9 Å². The number of methoxy groups -OCH3 is 1. The molecule has 2 amide bonds. The second kappa shape index (κ2) is 10.3. The zero-order chi connectivity index (χ0) is 26.2. The van der Waals surface area contributed by atoms with Crippen LogP contribution >= 0.6 is 46.5 Å². The molecule has 4 N–H and O–H groups in total. The van der Waals surface area contributed by atoms with Crippen LogP contribution in [0, 0.1) is 0 Å². The van der Waals surface area contributed by atoms with E-state index in [1.54, 1.807) is 5.51 Å². The molecular formula is C20H17ClN4O8S3. The Balaban J connectivity index is 1.59. The number of aliphatic carboxylic acids is 2. The zero-order valence-corrected chi connectivity index (χ0v) is 21.4. The molecule has 190 valence electrons. The summed E-state index contributed by atoms with van der Waals surface area (Å²) in [4.78, 5) is 51.4. The summed E-state index contributed by atoms with van der Waals surface area (Å²) in [5, 5.41) is 38.1. The first-order chi connectivity index (χ1) is 17.1. The monoisotopic (exact) mass is 572 g/mol. The van der Waals surface area contributed by atoms with E-state index in [4.69, 9.17) is 16.3 Å². The van der Waals surface area contributed by atoms with Gasteiger partial charge in [-0.05, 0) is 23.3 Å². The van der Waals surface area contributed by atoms with Gasteiger partial charge < -0.3 is 25.4 Å². The summed E-state index contributed by atoms with van der Waals surface area (Å²) in [5.41, 5.74) is -0.199. The van der Waals surface area contributed by atoms with E-state index in [-0.39, 0.29) is 33.5 Å². The molecule has 2 aliphatic heterocycles. The quantitative estimate of drug-likeness (QED) is 0.148. The second-order valence-corrected chi connectivity index (χ2v) is 11.0. The number of fused-ring (bicyclic) bond motifs is 1. The van der Waals surface area contributed by atoms with Gasteiger partial charge in [-0.1, -0.05) is 40.8 Å². The van der Waals surface area contributed by atoms with Crippen molar-refractivity contribution in [2.75, 3.05) is 18.6 Å². The summed E-state index contributed by atoms with van der Waals surface area (Å²) < 4.78 is 6.02. The first kappa shape index (κ1) is 26.2. The highest BCUT2D eigenvalue weighted by Gasteiger charge is 2.67. The largest absolute Gasteiger partial charge is 0.506 e. The number of nitrogens with zero attached hydrogens (tertiary/aromatic N) is 3. The van der Waals surface area contributed by atoms with Gasteiger partial charge in [-0.25, -0.2) is 4.79 Å². The van der Waals surface area contributed by atoms with Crippen LogP contribution < -0.4 is 5.32 Å². The van der Waals surface area contributed by atoms with Gasteiger partial charge in [0.2, 0.25) is 5.91 Å². The Labute approximate surface area is 220 Å². The highest BCUT2D eigenvalue weighted by atomic mass is 35.5. The van der Waals surface area contributed by atoms with E-state index >= 15 is 0 Å². The molecule has 0 radical (unpaired) electrons. The highest BCUT2D eigenvalue weighted by molar-refractivity contribution is 8.01. The molecule has 2 aliphatic rings. The van der Waals surface area contributed by atoms with E-state index in [1.807, 2.05) is 0 Å². The molecule has 36 heavy (non-hydrogen) atoms. The summed E-state index contributed by atoms with van der Waals surface area (Å²) in [6.45, 7) is 0. The predicted octanol–water partition coefficient (Wildman–Crippen LogP) is 1.57. The van der Waals surface area contributed by atoms with E-state index < -0.39 is 40.8 Å². The highest BCUT2D eigenvalue weighted by Crippen LogP contribution is 2.47. The first-order valence-electron chi connectivity index (χ1n) is 9.98. The van der Waals surface area contributed by atoms with Crippen LogP contribution in [0.15, 0.2) is 39.3 Å². The average Bonchev–Trinajstić information content (AvgIpc) is 3.36. The second-order valence-electron chi connectivity index (χ2n) is 7.50. The van der Waals surface area contributed by atoms with E-state index in [0.29, 0.717) is 9.91 Å². The van der Waals surface area contributed by atoms with Crippen molar-refractivity contribution in [2.45, 2.75) is 21.4 Å². The number of carboxylic acids is 2. The molecule has 3 heterocycles. The molecule has 1 fully saturated rings.